The lowest BCUT2D eigenvalue weighted by molar-refractivity contribution is -0.137. The zero-order valence-corrected chi connectivity index (χ0v) is 15.3. The van der Waals surface area contributed by atoms with Crippen LogP contribution in [-0.2, 0) is 6.18 Å². The summed E-state index contributed by atoms with van der Waals surface area (Å²) in [6.45, 7) is 0. The van der Waals surface area contributed by atoms with Crippen molar-refractivity contribution in [3.63, 3.8) is 0 Å². The Kier molecular flexibility index (Phi) is 4.99. The molecular weight excluding hydrogens is 385 g/mol. The first kappa shape index (κ1) is 19.4. The fourth-order valence-corrected chi connectivity index (χ4v) is 3.68. The summed E-state index contributed by atoms with van der Waals surface area (Å²) in [5.74, 6) is -0.0924. The normalized spacial score (nSPS) is 20.0. The molecule has 3 aromatic rings. The molecule has 9 heteroatoms. The van der Waals surface area contributed by atoms with Crippen LogP contribution in [0.5, 0.6) is 5.75 Å². The van der Waals surface area contributed by atoms with Crippen molar-refractivity contribution < 1.29 is 23.4 Å². The third-order valence-corrected chi connectivity index (χ3v) is 5.10. The van der Waals surface area contributed by atoms with Gasteiger partial charge in [-0.15, -0.1) is 10.2 Å². The quantitative estimate of drug-likeness (QED) is 0.608. The molecule has 0 bridgehead atoms. The number of phenols is 1. The van der Waals surface area contributed by atoms with Gasteiger partial charge in [0, 0.05) is 23.2 Å². The van der Waals surface area contributed by atoms with Crippen LogP contribution in [-0.4, -0.2) is 37.5 Å². The molecule has 0 amide bonds. The molecule has 152 valence electrons. The van der Waals surface area contributed by atoms with Gasteiger partial charge < -0.3 is 15.5 Å². The van der Waals surface area contributed by atoms with Gasteiger partial charge in [0.15, 0.2) is 5.82 Å². The summed E-state index contributed by atoms with van der Waals surface area (Å²) < 4.78 is 38.6. The SMILES string of the molecule is Oc1cc(C(F)(F)F)ccc1-c1nnc(N[C@@H]2CCC[C@@H](O)C2)c2ncccc12. The van der Waals surface area contributed by atoms with E-state index in [9.17, 15) is 23.4 Å². The molecular formula is C20H19F3N4O2. The van der Waals surface area contributed by atoms with Crippen molar-refractivity contribution in [2.75, 3.05) is 5.32 Å². The van der Waals surface area contributed by atoms with Gasteiger partial charge in [0.2, 0.25) is 0 Å². The van der Waals surface area contributed by atoms with Gasteiger partial charge >= 0.3 is 6.18 Å². The van der Waals surface area contributed by atoms with Crippen LogP contribution in [0.15, 0.2) is 36.5 Å². The molecule has 4 rings (SSSR count). The average molecular weight is 404 g/mol. The standard InChI is InChI=1S/C20H19F3N4O2/c21-20(22,23)11-6-7-14(16(29)9-11)17-15-5-2-8-24-18(15)19(27-26-17)25-12-3-1-4-13(28)10-12/h2,5-9,12-13,28-29H,1,3-4,10H2,(H,25,27)/t12-,13-/m1/s1. The molecule has 0 unspecified atom stereocenters. The number of aromatic hydroxyl groups is 1. The van der Waals surface area contributed by atoms with E-state index in [1.54, 1.807) is 18.3 Å². The molecule has 1 aliphatic carbocycles. The summed E-state index contributed by atoms with van der Waals surface area (Å²) in [5, 5.41) is 32.2. The van der Waals surface area contributed by atoms with Gasteiger partial charge in [-0.25, -0.2) is 0 Å². The Morgan fingerprint density at radius 1 is 1.10 bits per heavy atom. The average Bonchev–Trinajstić information content (AvgIpc) is 2.68. The van der Waals surface area contributed by atoms with E-state index < -0.39 is 17.5 Å². The third-order valence-electron chi connectivity index (χ3n) is 5.10. The third kappa shape index (κ3) is 3.95. The first-order chi connectivity index (χ1) is 13.8. The second-order valence-electron chi connectivity index (χ2n) is 7.19. The van der Waals surface area contributed by atoms with Gasteiger partial charge in [0.1, 0.15) is 17.0 Å². The van der Waals surface area contributed by atoms with E-state index in [1.165, 1.54) is 6.07 Å². The largest absolute Gasteiger partial charge is 0.507 e. The number of fused-ring (bicyclic) bond motifs is 1. The number of nitrogens with zero attached hydrogens (tertiary/aromatic N) is 3. The van der Waals surface area contributed by atoms with Crippen LogP contribution >= 0.6 is 0 Å². The summed E-state index contributed by atoms with van der Waals surface area (Å²) in [6.07, 6.45) is -0.182. The number of phenolic OH excluding ortho intramolecular Hbond substituents is 1. The van der Waals surface area contributed by atoms with Gasteiger partial charge in [-0.3, -0.25) is 4.98 Å². The number of anilines is 1. The van der Waals surface area contributed by atoms with Gasteiger partial charge in [0.25, 0.3) is 0 Å². The van der Waals surface area contributed by atoms with Crippen molar-refractivity contribution in [2.45, 2.75) is 44.0 Å². The maximum atomic E-state index is 12.9. The molecule has 2 aromatic heterocycles. The zero-order chi connectivity index (χ0) is 20.6. The fraction of sp³-hybridized carbons (Fsp3) is 0.350. The predicted octanol–water partition coefficient (Wildman–Crippen LogP) is 4.13. The number of nitrogens with one attached hydrogen (secondary N) is 1. The summed E-state index contributed by atoms with van der Waals surface area (Å²) in [4.78, 5) is 4.35. The van der Waals surface area contributed by atoms with Gasteiger partial charge in [-0.05, 0) is 56.0 Å². The number of aliphatic hydroxyl groups is 1. The van der Waals surface area contributed by atoms with E-state index in [0.29, 0.717) is 29.2 Å². The van der Waals surface area contributed by atoms with E-state index >= 15 is 0 Å². The predicted molar refractivity (Wildman–Crippen MR) is 101 cm³/mol. The van der Waals surface area contributed by atoms with Crippen LogP contribution in [0.3, 0.4) is 0 Å². The molecule has 1 aliphatic rings. The smallest absolute Gasteiger partial charge is 0.416 e. The lowest BCUT2D eigenvalue weighted by Gasteiger charge is -2.27. The van der Waals surface area contributed by atoms with Crippen molar-refractivity contribution in [1.29, 1.82) is 0 Å². The Morgan fingerprint density at radius 3 is 2.66 bits per heavy atom. The highest BCUT2D eigenvalue weighted by Crippen LogP contribution is 2.38. The molecule has 1 saturated carbocycles. The molecule has 29 heavy (non-hydrogen) atoms. The van der Waals surface area contributed by atoms with E-state index in [0.717, 1.165) is 25.3 Å². The second kappa shape index (κ2) is 7.47. The van der Waals surface area contributed by atoms with Gasteiger partial charge in [-0.2, -0.15) is 13.2 Å². The Morgan fingerprint density at radius 2 is 1.93 bits per heavy atom. The van der Waals surface area contributed by atoms with E-state index in [-0.39, 0.29) is 23.4 Å². The number of rotatable bonds is 3. The van der Waals surface area contributed by atoms with Crippen molar-refractivity contribution in [2.24, 2.45) is 0 Å². The number of pyridine rings is 1. The van der Waals surface area contributed by atoms with Crippen LogP contribution in [0.4, 0.5) is 19.0 Å². The summed E-state index contributed by atoms with van der Waals surface area (Å²) in [6, 6.07) is 6.19. The van der Waals surface area contributed by atoms with Crippen LogP contribution in [0.25, 0.3) is 22.2 Å². The number of aromatic nitrogens is 3. The lowest BCUT2D eigenvalue weighted by atomic mass is 9.93. The topological polar surface area (TPSA) is 91.2 Å². The molecule has 1 fully saturated rings. The summed E-state index contributed by atoms with van der Waals surface area (Å²) in [5.41, 5.74) is -0.0585. The number of halogens is 3. The Bertz CT molecular complexity index is 1040. The maximum absolute atomic E-state index is 12.9. The monoisotopic (exact) mass is 404 g/mol. The van der Waals surface area contributed by atoms with Crippen LogP contribution in [0.2, 0.25) is 0 Å². The number of hydrogen-bond acceptors (Lipinski definition) is 6. The molecule has 0 aliphatic heterocycles. The Labute approximate surface area is 164 Å². The number of benzene rings is 1. The summed E-state index contributed by atoms with van der Waals surface area (Å²) in [7, 11) is 0. The highest BCUT2D eigenvalue weighted by Gasteiger charge is 2.31. The van der Waals surface area contributed by atoms with Crippen molar-refractivity contribution in [3.05, 3.63) is 42.1 Å². The lowest BCUT2D eigenvalue weighted by Crippen LogP contribution is -2.30. The highest BCUT2D eigenvalue weighted by molar-refractivity contribution is 5.98. The fourth-order valence-electron chi connectivity index (χ4n) is 3.68. The first-order valence-electron chi connectivity index (χ1n) is 9.29. The minimum absolute atomic E-state index is 0.0311. The molecule has 0 spiro atoms. The van der Waals surface area contributed by atoms with E-state index in [4.69, 9.17) is 0 Å². The number of alkyl halides is 3. The molecule has 2 heterocycles. The second-order valence-corrected chi connectivity index (χ2v) is 7.19. The molecule has 0 radical (unpaired) electrons. The first-order valence-corrected chi connectivity index (χ1v) is 9.29. The number of hydrogen-bond donors (Lipinski definition) is 3. The minimum Gasteiger partial charge on any atom is -0.507 e. The van der Waals surface area contributed by atoms with Crippen LogP contribution in [0.1, 0.15) is 31.2 Å². The van der Waals surface area contributed by atoms with Gasteiger partial charge in [-0.1, -0.05) is 0 Å². The van der Waals surface area contributed by atoms with E-state index in [1.807, 2.05) is 0 Å². The molecule has 1 aromatic carbocycles. The van der Waals surface area contributed by atoms with Gasteiger partial charge in [0.05, 0.1) is 11.7 Å². The van der Waals surface area contributed by atoms with Crippen molar-refractivity contribution >= 4 is 16.7 Å². The minimum atomic E-state index is -4.55. The van der Waals surface area contributed by atoms with E-state index in [2.05, 4.69) is 20.5 Å². The molecule has 3 N–H and O–H groups in total. The van der Waals surface area contributed by atoms with Crippen LogP contribution < -0.4 is 5.32 Å². The number of aliphatic hydroxyl groups excluding tert-OH is 1. The Balaban J connectivity index is 1.74. The molecule has 2 atom stereocenters. The van der Waals surface area contributed by atoms with Crippen molar-refractivity contribution in [3.8, 4) is 17.0 Å². The zero-order valence-electron chi connectivity index (χ0n) is 15.3. The van der Waals surface area contributed by atoms with Crippen molar-refractivity contribution in [1.82, 2.24) is 15.2 Å². The van der Waals surface area contributed by atoms with Crippen LogP contribution in [0, 0.1) is 0 Å². The molecule has 6 nitrogen and oxygen atoms in total. The summed E-state index contributed by atoms with van der Waals surface area (Å²) >= 11 is 0. The Hall–Kier alpha value is -2.94. The molecule has 0 saturated heterocycles. The maximum Gasteiger partial charge on any atom is 0.416 e. The highest BCUT2D eigenvalue weighted by atomic mass is 19.4.